The zero-order valence-corrected chi connectivity index (χ0v) is 8.26. The molecule has 1 rings (SSSR count). The molecule has 7 heteroatoms. The summed E-state index contributed by atoms with van der Waals surface area (Å²) >= 11 is 5.01. The maximum atomic E-state index is 13.1. The minimum atomic E-state index is -1.62. The van der Waals surface area contributed by atoms with E-state index in [4.69, 9.17) is 11.6 Å². The fourth-order valence-corrected chi connectivity index (χ4v) is 1.12. The van der Waals surface area contributed by atoms with Gasteiger partial charge in [0.1, 0.15) is 5.02 Å². The van der Waals surface area contributed by atoms with Crippen LogP contribution in [0.5, 0.6) is 0 Å². The highest BCUT2D eigenvalue weighted by Gasteiger charge is 2.23. The van der Waals surface area contributed by atoms with E-state index in [1.165, 1.54) is 7.11 Å². The van der Waals surface area contributed by atoms with Crippen molar-refractivity contribution in [2.45, 2.75) is 6.54 Å². The van der Waals surface area contributed by atoms with Crippen molar-refractivity contribution < 1.29 is 22.4 Å². The topological polar surface area (TPSA) is 21.3 Å². The van der Waals surface area contributed by atoms with Crippen molar-refractivity contribution in [2.75, 3.05) is 7.11 Å². The van der Waals surface area contributed by atoms with E-state index in [2.05, 4.69) is 10.3 Å². The number of nitrogens with one attached hydrogen (secondary N) is 1. The minimum absolute atomic E-state index is 0.515. The Morgan fingerprint density at radius 3 is 1.93 bits per heavy atom. The second-order valence-electron chi connectivity index (χ2n) is 2.57. The molecule has 0 saturated carbocycles. The van der Waals surface area contributed by atoms with Crippen LogP contribution in [0, 0.1) is 23.3 Å². The molecule has 0 unspecified atom stereocenters. The molecule has 0 atom stereocenters. The monoisotopic (exact) mass is 243 g/mol. The summed E-state index contributed by atoms with van der Waals surface area (Å²) in [5.41, 5.74) is 1.25. The van der Waals surface area contributed by atoms with Gasteiger partial charge in [0.15, 0.2) is 23.3 Å². The van der Waals surface area contributed by atoms with Crippen molar-refractivity contribution in [1.29, 1.82) is 0 Å². The van der Waals surface area contributed by atoms with Gasteiger partial charge >= 0.3 is 0 Å². The van der Waals surface area contributed by atoms with Crippen molar-refractivity contribution in [3.8, 4) is 0 Å². The molecule has 0 radical (unpaired) electrons. The molecule has 0 spiro atoms. The molecule has 0 aromatic heterocycles. The molecular formula is C8H6ClF4NO. The molecule has 15 heavy (non-hydrogen) atoms. The lowest BCUT2D eigenvalue weighted by atomic mass is 10.2. The highest BCUT2D eigenvalue weighted by atomic mass is 35.5. The quantitative estimate of drug-likeness (QED) is 0.381. The molecule has 0 amide bonds. The first-order valence-electron chi connectivity index (χ1n) is 3.76. The Hall–Kier alpha value is -0.850. The van der Waals surface area contributed by atoms with Crippen LogP contribution < -0.4 is 5.48 Å². The number of hydrogen-bond acceptors (Lipinski definition) is 2. The summed E-state index contributed by atoms with van der Waals surface area (Å²) in [6.07, 6.45) is 0. The molecule has 1 aromatic rings. The van der Waals surface area contributed by atoms with E-state index in [0.717, 1.165) is 0 Å². The van der Waals surface area contributed by atoms with Gasteiger partial charge in [-0.3, -0.25) is 0 Å². The average molecular weight is 244 g/mol. The van der Waals surface area contributed by atoms with Gasteiger partial charge in [0.25, 0.3) is 0 Å². The molecule has 0 aliphatic carbocycles. The molecule has 84 valence electrons. The minimum Gasteiger partial charge on any atom is -0.305 e. The van der Waals surface area contributed by atoms with Crippen molar-refractivity contribution in [2.24, 2.45) is 0 Å². The van der Waals surface area contributed by atoms with Crippen LogP contribution >= 0.6 is 11.6 Å². The molecule has 0 saturated heterocycles. The van der Waals surface area contributed by atoms with E-state index in [1.807, 2.05) is 0 Å². The van der Waals surface area contributed by atoms with E-state index in [1.54, 1.807) is 0 Å². The maximum Gasteiger partial charge on any atom is 0.180 e. The van der Waals surface area contributed by atoms with E-state index in [0.29, 0.717) is 0 Å². The van der Waals surface area contributed by atoms with Crippen LogP contribution in [0.1, 0.15) is 5.56 Å². The predicted molar refractivity (Wildman–Crippen MR) is 45.1 cm³/mol. The van der Waals surface area contributed by atoms with Gasteiger partial charge in [-0.05, 0) is 0 Å². The summed E-state index contributed by atoms with van der Waals surface area (Å²) in [5.74, 6) is -6.32. The molecule has 0 aliphatic rings. The summed E-state index contributed by atoms with van der Waals surface area (Å²) in [7, 11) is 1.19. The molecule has 2 nitrogen and oxygen atoms in total. The van der Waals surface area contributed by atoms with Crippen LogP contribution in [0.2, 0.25) is 5.02 Å². The zero-order chi connectivity index (χ0) is 11.6. The zero-order valence-electron chi connectivity index (χ0n) is 7.51. The highest BCUT2D eigenvalue weighted by Crippen LogP contribution is 2.27. The molecule has 1 aromatic carbocycles. The van der Waals surface area contributed by atoms with Crippen LogP contribution in [-0.2, 0) is 11.4 Å². The Kier molecular flexibility index (Phi) is 3.90. The Morgan fingerprint density at radius 1 is 1.07 bits per heavy atom. The summed E-state index contributed by atoms with van der Waals surface area (Å²) in [6.45, 7) is -0.515. The number of halogens is 5. The summed E-state index contributed by atoms with van der Waals surface area (Å²) in [4.78, 5) is 4.30. The molecule has 0 bridgehead atoms. The first kappa shape index (κ1) is 12.2. The third-order valence-electron chi connectivity index (χ3n) is 1.69. The molecule has 1 N–H and O–H groups in total. The van der Waals surface area contributed by atoms with Gasteiger partial charge in [-0.15, -0.1) is 0 Å². The van der Waals surface area contributed by atoms with Crippen molar-refractivity contribution in [1.82, 2.24) is 5.48 Å². The molecule has 0 heterocycles. The van der Waals surface area contributed by atoms with Gasteiger partial charge in [0.2, 0.25) is 0 Å². The van der Waals surface area contributed by atoms with Crippen LogP contribution in [0.4, 0.5) is 17.6 Å². The Labute approximate surface area is 87.7 Å². The van der Waals surface area contributed by atoms with Crippen LogP contribution in [0.15, 0.2) is 0 Å². The molecular weight excluding hydrogens is 238 g/mol. The lowest BCUT2D eigenvalue weighted by Crippen LogP contribution is -2.15. The van der Waals surface area contributed by atoms with E-state index < -0.39 is 40.4 Å². The third-order valence-corrected chi connectivity index (χ3v) is 2.03. The standard InChI is InChI=1S/C8H6ClF4NO/c1-15-14-2-3-5(10)7(12)4(9)8(13)6(3)11/h14H,2H2,1H3. The third kappa shape index (κ3) is 2.22. The fraction of sp³-hybridized carbons (Fsp3) is 0.250. The van der Waals surface area contributed by atoms with Crippen LogP contribution in [0.25, 0.3) is 0 Å². The second kappa shape index (κ2) is 4.78. The molecule has 0 aliphatic heterocycles. The van der Waals surface area contributed by atoms with Crippen LogP contribution in [-0.4, -0.2) is 7.11 Å². The SMILES string of the molecule is CONCc1c(F)c(F)c(Cl)c(F)c1F. The normalized spacial score (nSPS) is 10.8. The predicted octanol–water partition coefficient (Wildman–Crippen LogP) is 2.55. The van der Waals surface area contributed by atoms with Gasteiger partial charge in [-0.2, -0.15) is 5.48 Å². The summed E-state index contributed by atoms with van der Waals surface area (Å²) < 4.78 is 51.9. The van der Waals surface area contributed by atoms with Gasteiger partial charge in [0, 0.05) is 5.56 Å². The lowest BCUT2D eigenvalue weighted by molar-refractivity contribution is 0.0846. The Morgan fingerprint density at radius 2 is 1.53 bits per heavy atom. The largest absolute Gasteiger partial charge is 0.305 e. The highest BCUT2D eigenvalue weighted by molar-refractivity contribution is 6.30. The number of hydroxylamine groups is 1. The summed E-state index contributed by atoms with van der Waals surface area (Å²) in [5, 5.41) is -1.20. The first-order valence-corrected chi connectivity index (χ1v) is 4.14. The van der Waals surface area contributed by atoms with Crippen molar-refractivity contribution in [3.05, 3.63) is 33.9 Å². The average Bonchev–Trinajstić information content (AvgIpc) is 2.24. The fourth-order valence-electron chi connectivity index (χ4n) is 0.950. The second-order valence-corrected chi connectivity index (χ2v) is 2.95. The smallest absolute Gasteiger partial charge is 0.180 e. The maximum absolute atomic E-state index is 13.1. The van der Waals surface area contributed by atoms with Gasteiger partial charge < -0.3 is 4.84 Å². The van der Waals surface area contributed by atoms with E-state index in [9.17, 15) is 17.6 Å². The number of hydrogen-bond donors (Lipinski definition) is 1. The first-order chi connectivity index (χ1) is 7.00. The van der Waals surface area contributed by atoms with Gasteiger partial charge in [-0.1, -0.05) is 11.6 Å². The van der Waals surface area contributed by atoms with E-state index >= 15 is 0 Å². The van der Waals surface area contributed by atoms with Gasteiger partial charge in [0.05, 0.1) is 13.7 Å². The number of rotatable bonds is 3. The lowest BCUT2D eigenvalue weighted by Gasteiger charge is -2.08. The van der Waals surface area contributed by atoms with Crippen LogP contribution in [0.3, 0.4) is 0 Å². The Bertz CT molecular complexity index is 356. The number of benzene rings is 1. The summed E-state index contributed by atoms with van der Waals surface area (Å²) in [6, 6.07) is 0. The Balaban J connectivity index is 3.26. The van der Waals surface area contributed by atoms with Gasteiger partial charge in [-0.25, -0.2) is 17.6 Å². The van der Waals surface area contributed by atoms with E-state index in [-0.39, 0.29) is 0 Å². The van der Waals surface area contributed by atoms with Crippen molar-refractivity contribution in [3.63, 3.8) is 0 Å². The van der Waals surface area contributed by atoms with Crippen molar-refractivity contribution >= 4 is 11.6 Å². The molecule has 0 fully saturated rings.